The van der Waals surface area contributed by atoms with Crippen LogP contribution in [0.25, 0.3) is 0 Å². The van der Waals surface area contributed by atoms with Crippen LogP contribution in [0.3, 0.4) is 0 Å². The summed E-state index contributed by atoms with van der Waals surface area (Å²) in [6.45, 7) is 2.78. The molecule has 0 aliphatic heterocycles. The Morgan fingerprint density at radius 1 is 1.05 bits per heavy atom. The molecule has 0 bridgehead atoms. The number of halogens is 1. The van der Waals surface area contributed by atoms with Crippen LogP contribution in [0, 0.1) is 0 Å². The molecule has 0 heterocycles. The zero-order valence-electron chi connectivity index (χ0n) is 10.9. The minimum atomic E-state index is 0.153. The first-order valence-corrected chi connectivity index (χ1v) is 8.12. The molecule has 100 valence electrons. The maximum atomic E-state index is 5.84. The van der Waals surface area contributed by atoms with Crippen LogP contribution < -0.4 is 0 Å². The number of rotatable bonds is 6. The highest BCUT2D eigenvalue weighted by Crippen LogP contribution is 2.28. The molecule has 1 atom stereocenters. The minimum Gasteiger partial charge on any atom is -0.373 e. The summed E-state index contributed by atoms with van der Waals surface area (Å²) in [5.74, 6) is 0.930. The predicted molar refractivity (Wildman–Crippen MR) is 85.7 cm³/mol. The normalized spacial score (nSPS) is 12.3. The second-order valence-electron chi connectivity index (χ2n) is 4.12. The number of hydrogen-bond acceptors (Lipinski definition) is 2. The molecule has 2 aromatic carbocycles. The monoisotopic (exact) mass is 336 g/mol. The Balaban J connectivity index is 1.99. The van der Waals surface area contributed by atoms with E-state index < -0.39 is 0 Å². The Kier molecular flexibility index (Phi) is 5.95. The van der Waals surface area contributed by atoms with Gasteiger partial charge in [0.1, 0.15) is 0 Å². The van der Waals surface area contributed by atoms with Crippen LogP contribution in [-0.4, -0.2) is 12.4 Å². The molecule has 0 amide bonds. The van der Waals surface area contributed by atoms with Crippen molar-refractivity contribution in [2.45, 2.75) is 17.9 Å². The van der Waals surface area contributed by atoms with Crippen LogP contribution in [0.5, 0.6) is 0 Å². The highest BCUT2D eigenvalue weighted by Gasteiger charge is 2.11. The Hall–Kier alpha value is -0.770. The van der Waals surface area contributed by atoms with Crippen LogP contribution in [0.1, 0.15) is 18.6 Å². The lowest BCUT2D eigenvalue weighted by molar-refractivity contribution is 0.0798. The fourth-order valence-electron chi connectivity index (χ4n) is 1.81. The quantitative estimate of drug-likeness (QED) is 0.660. The molecular weight excluding hydrogens is 320 g/mol. The summed E-state index contributed by atoms with van der Waals surface area (Å²) < 4.78 is 6.96. The van der Waals surface area contributed by atoms with E-state index in [1.54, 1.807) is 0 Å². The fraction of sp³-hybridized carbons (Fsp3) is 0.250. The van der Waals surface area contributed by atoms with Gasteiger partial charge in [-0.15, -0.1) is 11.8 Å². The Morgan fingerprint density at radius 3 is 2.37 bits per heavy atom. The molecule has 3 heteroatoms. The van der Waals surface area contributed by atoms with E-state index in [-0.39, 0.29) is 6.10 Å². The summed E-state index contributed by atoms with van der Waals surface area (Å²) in [6.07, 6.45) is 0.153. The van der Waals surface area contributed by atoms with Gasteiger partial charge in [-0.3, -0.25) is 0 Å². The van der Waals surface area contributed by atoms with Gasteiger partial charge in [0.15, 0.2) is 0 Å². The highest BCUT2D eigenvalue weighted by atomic mass is 79.9. The van der Waals surface area contributed by atoms with Gasteiger partial charge in [0.2, 0.25) is 0 Å². The van der Waals surface area contributed by atoms with E-state index >= 15 is 0 Å². The van der Waals surface area contributed by atoms with Gasteiger partial charge in [0.25, 0.3) is 0 Å². The molecule has 0 spiro atoms. The molecule has 0 aliphatic rings. The standard InChI is InChI=1S/C16H17BrOS/c1-2-18-16(13-6-4-3-5-7-13)12-19-15-10-8-14(17)9-11-15/h3-11,16H,2,12H2,1H3. The van der Waals surface area contributed by atoms with Gasteiger partial charge in [0.05, 0.1) is 6.10 Å². The second-order valence-corrected chi connectivity index (χ2v) is 6.13. The SMILES string of the molecule is CCOC(CSc1ccc(Br)cc1)c1ccccc1. The van der Waals surface area contributed by atoms with Crippen molar-refractivity contribution in [1.82, 2.24) is 0 Å². The van der Waals surface area contributed by atoms with Crippen LogP contribution in [0.15, 0.2) is 64.0 Å². The molecule has 19 heavy (non-hydrogen) atoms. The van der Waals surface area contributed by atoms with Crippen molar-refractivity contribution in [2.24, 2.45) is 0 Å². The molecule has 2 aromatic rings. The molecule has 1 unspecified atom stereocenters. The van der Waals surface area contributed by atoms with E-state index in [0.29, 0.717) is 0 Å². The van der Waals surface area contributed by atoms with Gasteiger partial charge in [-0.2, -0.15) is 0 Å². The summed E-state index contributed by atoms with van der Waals surface area (Å²) in [5.41, 5.74) is 1.24. The van der Waals surface area contributed by atoms with Crippen molar-refractivity contribution in [2.75, 3.05) is 12.4 Å². The van der Waals surface area contributed by atoms with Crippen LogP contribution in [-0.2, 0) is 4.74 Å². The number of thioether (sulfide) groups is 1. The fourth-order valence-corrected chi connectivity index (χ4v) is 3.04. The van der Waals surface area contributed by atoms with Gasteiger partial charge in [-0.25, -0.2) is 0 Å². The van der Waals surface area contributed by atoms with E-state index in [2.05, 4.69) is 64.5 Å². The van der Waals surface area contributed by atoms with Crippen LogP contribution in [0.2, 0.25) is 0 Å². The predicted octanol–water partition coefficient (Wildman–Crippen LogP) is 5.32. The molecule has 0 radical (unpaired) electrons. The third kappa shape index (κ3) is 4.68. The summed E-state index contributed by atoms with van der Waals surface area (Å²) in [7, 11) is 0. The molecule has 1 nitrogen and oxygen atoms in total. The third-order valence-corrected chi connectivity index (χ3v) is 4.36. The Labute approximate surface area is 127 Å². The van der Waals surface area contributed by atoms with E-state index in [4.69, 9.17) is 4.74 Å². The summed E-state index contributed by atoms with van der Waals surface area (Å²) in [4.78, 5) is 1.27. The molecular formula is C16H17BrOS. The average Bonchev–Trinajstić information content (AvgIpc) is 2.46. The highest BCUT2D eigenvalue weighted by molar-refractivity contribution is 9.10. The number of ether oxygens (including phenoxy) is 1. The third-order valence-electron chi connectivity index (χ3n) is 2.75. The zero-order valence-corrected chi connectivity index (χ0v) is 13.3. The van der Waals surface area contributed by atoms with Crippen molar-refractivity contribution < 1.29 is 4.74 Å². The van der Waals surface area contributed by atoms with Crippen molar-refractivity contribution >= 4 is 27.7 Å². The van der Waals surface area contributed by atoms with E-state index in [0.717, 1.165) is 16.8 Å². The number of hydrogen-bond donors (Lipinski definition) is 0. The summed E-state index contributed by atoms with van der Waals surface area (Å²) in [5, 5.41) is 0. The summed E-state index contributed by atoms with van der Waals surface area (Å²) in [6, 6.07) is 18.8. The van der Waals surface area contributed by atoms with Crippen molar-refractivity contribution in [3.63, 3.8) is 0 Å². The van der Waals surface area contributed by atoms with Gasteiger partial charge >= 0.3 is 0 Å². The molecule has 0 aromatic heterocycles. The van der Waals surface area contributed by atoms with Gasteiger partial charge < -0.3 is 4.74 Å². The van der Waals surface area contributed by atoms with E-state index in [1.807, 2.05) is 24.8 Å². The molecule has 2 rings (SSSR count). The maximum Gasteiger partial charge on any atom is 0.0918 e. The lowest BCUT2D eigenvalue weighted by atomic mass is 10.1. The van der Waals surface area contributed by atoms with E-state index in [1.165, 1.54) is 10.5 Å². The minimum absolute atomic E-state index is 0.153. The van der Waals surface area contributed by atoms with Gasteiger partial charge in [-0.05, 0) is 36.8 Å². The molecule has 0 saturated carbocycles. The molecule has 0 saturated heterocycles. The average molecular weight is 337 g/mol. The Bertz CT molecular complexity index is 484. The largest absolute Gasteiger partial charge is 0.373 e. The first-order valence-electron chi connectivity index (χ1n) is 6.34. The van der Waals surface area contributed by atoms with Crippen molar-refractivity contribution in [3.8, 4) is 0 Å². The lowest BCUT2D eigenvalue weighted by Gasteiger charge is -2.17. The lowest BCUT2D eigenvalue weighted by Crippen LogP contribution is -2.06. The van der Waals surface area contributed by atoms with Crippen molar-refractivity contribution in [3.05, 3.63) is 64.6 Å². The summed E-state index contributed by atoms with van der Waals surface area (Å²) >= 11 is 5.28. The van der Waals surface area contributed by atoms with Gasteiger partial charge in [0, 0.05) is 21.7 Å². The Morgan fingerprint density at radius 2 is 1.74 bits per heavy atom. The first kappa shape index (κ1) is 14.6. The smallest absolute Gasteiger partial charge is 0.0918 e. The van der Waals surface area contributed by atoms with Crippen LogP contribution >= 0.6 is 27.7 Å². The van der Waals surface area contributed by atoms with Crippen molar-refractivity contribution in [1.29, 1.82) is 0 Å². The zero-order chi connectivity index (χ0) is 13.5. The first-order chi connectivity index (χ1) is 9.29. The topological polar surface area (TPSA) is 9.23 Å². The molecule has 0 aliphatic carbocycles. The molecule has 0 N–H and O–H groups in total. The van der Waals surface area contributed by atoms with Crippen LogP contribution in [0.4, 0.5) is 0 Å². The second kappa shape index (κ2) is 7.73. The van der Waals surface area contributed by atoms with E-state index in [9.17, 15) is 0 Å². The molecule has 0 fully saturated rings. The van der Waals surface area contributed by atoms with Gasteiger partial charge in [-0.1, -0.05) is 46.3 Å². The maximum absolute atomic E-state index is 5.84. The number of benzene rings is 2.